The highest BCUT2D eigenvalue weighted by Crippen LogP contribution is 2.40. The summed E-state index contributed by atoms with van der Waals surface area (Å²) in [5.41, 5.74) is 0.723. The molecule has 24 heavy (non-hydrogen) atoms. The second-order valence-corrected chi connectivity index (χ2v) is 9.57. The molecule has 0 saturated carbocycles. The zero-order valence-electron chi connectivity index (χ0n) is 13.2. The van der Waals surface area contributed by atoms with Crippen molar-refractivity contribution < 1.29 is 13.2 Å². The normalized spacial score (nSPS) is 26.5. The molecule has 2 fully saturated rings. The van der Waals surface area contributed by atoms with Crippen molar-refractivity contribution in [3.05, 3.63) is 52.7 Å². The molecule has 2 aliphatic heterocycles. The van der Waals surface area contributed by atoms with Gasteiger partial charge < -0.3 is 4.90 Å². The summed E-state index contributed by atoms with van der Waals surface area (Å²) in [5.74, 6) is 0.0549. The van der Waals surface area contributed by atoms with Crippen LogP contribution in [0, 0.1) is 0 Å². The summed E-state index contributed by atoms with van der Waals surface area (Å²) in [6, 6.07) is 10.6. The highest BCUT2D eigenvalue weighted by atomic mass is 32.2. The predicted molar refractivity (Wildman–Crippen MR) is 93.9 cm³/mol. The van der Waals surface area contributed by atoms with E-state index in [9.17, 15) is 13.2 Å². The Balaban J connectivity index is 1.58. The maximum atomic E-state index is 12.9. The molecule has 3 heterocycles. The van der Waals surface area contributed by atoms with Gasteiger partial charge in [-0.2, -0.15) is 11.3 Å². The molecule has 0 radical (unpaired) electrons. The fraction of sp³-hybridized carbons (Fsp3) is 0.389. The van der Waals surface area contributed by atoms with E-state index in [-0.39, 0.29) is 23.2 Å². The maximum Gasteiger partial charge on any atom is 0.255 e. The van der Waals surface area contributed by atoms with Gasteiger partial charge >= 0.3 is 0 Å². The van der Waals surface area contributed by atoms with Crippen LogP contribution in [0.2, 0.25) is 0 Å². The lowest BCUT2D eigenvalue weighted by Crippen LogP contribution is -2.49. The number of rotatable bonds is 3. The van der Waals surface area contributed by atoms with Crippen LogP contribution in [0.1, 0.15) is 36.0 Å². The van der Waals surface area contributed by atoms with Crippen LogP contribution < -0.4 is 0 Å². The van der Waals surface area contributed by atoms with Crippen molar-refractivity contribution >= 4 is 27.1 Å². The van der Waals surface area contributed by atoms with Gasteiger partial charge in [-0.1, -0.05) is 18.2 Å². The standard InChI is InChI=1S/C18H19NO3S2/c20-18(13-8-9-23-12-13)19-14-6-7-15(19)11-17(10-14)24(21,22)16-4-2-1-3-5-16/h1-5,8-9,12,14-15,17H,6-7,10-11H2/t14-,15-/m0/s1. The lowest BCUT2D eigenvalue weighted by atomic mass is 10.0. The molecule has 2 bridgehead atoms. The van der Waals surface area contributed by atoms with Gasteiger partial charge in [-0.25, -0.2) is 8.42 Å². The largest absolute Gasteiger partial charge is 0.333 e. The Morgan fingerprint density at radius 1 is 1.04 bits per heavy atom. The number of thiophene rings is 1. The van der Waals surface area contributed by atoms with E-state index in [1.54, 1.807) is 24.3 Å². The third-order valence-corrected chi connectivity index (χ3v) is 8.08. The van der Waals surface area contributed by atoms with Gasteiger partial charge in [-0.05, 0) is 49.3 Å². The van der Waals surface area contributed by atoms with Gasteiger partial charge in [0.1, 0.15) is 0 Å². The first-order valence-electron chi connectivity index (χ1n) is 8.21. The molecular formula is C18H19NO3S2. The minimum Gasteiger partial charge on any atom is -0.333 e. The lowest BCUT2D eigenvalue weighted by Gasteiger charge is -2.38. The summed E-state index contributed by atoms with van der Waals surface area (Å²) in [5, 5.41) is 3.39. The predicted octanol–water partition coefficient (Wildman–Crippen LogP) is 3.36. The molecule has 0 unspecified atom stereocenters. The molecule has 1 aromatic carbocycles. The number of amides is 1. The van der Waals surface area contributed by atoms with Crippen molar-refractivity contribution in [3.63, 3.8) is 0 Å². The number of nitrogens with zero attached hydrogens (tertiary/aromatic N) is 1. The van der Waals surface area contributed by atoms with E-state index in [2.05, 4.69) is 0 Å². The summed E-state index contributed by atoms with van der Waals surface area (Å²) in [6.45, 7) is 0. The number of hydrogen-bond acceptors (Lipinski definition) is 4. The van der Waals surface area contributed by atoms with Gasteiger partial charge in [0, 0.05) is 17.5 Å². The average Bonchev–Trinajstić information content (AvgIpc) is 3.21. The monoisotopic (exact) mass is 361 g/mol. The molecule has 0 spiro atoms. The van der Waals surface area contributed by atoms with E-state index < -0.39 is 9.84 Å². The number of benzene rings is 1. The first kappa shape index (κ1) is 15.8. The van der Waals surface area contributed by atoms with Crippen molar-refractivity contribution in [2.75, 3.05) is 0 Å². The molecule has 2 saturated heterocycles. The fourth-order valence-corrected chi connectivity index (χ4v) is 6.55. The van der Waals surface area contributed by atoms with Gasteiger partial charge in [-0.15, -0.1) is 0 Å². The molecule has 4 nitrogen and oxygen atoms in total. The molecule has 1 aromatic heterocycles. The number of sulfone groups is 1. The van der Waals surface area contributed by atoms with Crippen LogP contribution in [0.4, 0.5) is 0 Å². The number of hydrogen-bond donors (Lipinski definition) is 0. The van der Waals surface area contributed by atoms with Crippen LogP contribution in [0.15, 0.2) is 52.1 Å². The molecule has 2 aliphatic rings. The second-order valence-electron chi connectivity index (χ2n) is 6.56. The molecule has 6 heteroatoms. The lowest BCUT2D eigenvalue weighted by molar-refractivity contribution is 0.0599. The second kappa shape index (κ2) is 6.01. The van der Waals surface area contributed by atoms with Gasteiger partial charge in [-0.3, -0.25) is 4.79 Å². The fourth-order valence-electron chi connectivity index (χ4n) is 4.05. The van der Waals surface area contributed by atoms with Gasteiger partial charge in [0.05, 0.1) is 15.7 Å². The minimum absolute atomic E-state index is 0.0413. The van der Waals surface area contributed by atoms with Crippen molar-refractivity contribution in [3.8, 4) is 0 Å². The zero-order chi connectivity index (χ0) is 16.7. The van der Waals surface area contributed by atoms with E-state index in [0.717, 1.165) is 18.4 Å². The Labute approximate surface area is 146 Å². The summed E-state index contributed by atoms with van der Waals surface area (Å²) in [4.78, 5) is 15.1. The molecular weight excluding hydrogens is 342 g/mol. The molecule has 2 atom stereocenters. The zero-order valence-corrected chi connectivity index (χ0v) is 14.8. The van der Waals surface area contributed by atoms with Crippen LogP contribution in [0.5, 0.6) is 0 Å². The number of fused-ring (bicyclic) bond motifs is 2. The quantitative estimate of drug-likeness (QED) is 0.842. The van der Waals surface area contributed by atoms with E-state index in [1.165, 1.54) is 11.3 Å². The summed E-state index contributed by atoms with van der Waals surface area (Å²) in [7, 11) is -3.33. The first-order chi connectivity index (χ1) is 11.6. The first-order valence-corrected chi connectivity index (χ1v) is 10.7. The Kier molecular flexibility index (Phi) is 3.96. The number of carbonyl (C=O) groups excluding carboxylic acids is 1. The van der Waals surface area contributed by atoms with Crippen LogP contribution in [-0.4, -0.2) is 36.6 Å². The molecule has 1 amide bonds. The molecule has 126 valence electrons. The third-order valence-electron chi connectivity index (χ3n) is 5.20. The van der Waals surface area contributed by atoms with Crippen LogP contribution >= 0.6 is 11.3 Å². The minimum atomic E-state index is -3.33. The Bertz CT molecular complexity index is 816. The molecule has 0 N–H and O–H groups in total. The van der Waals surface area contributed by atoms with E-state index in [1.807, 2.05) is 27.8 Å². The van der Waals surface area contributed by atoms with Gasteiger partial charge in [0.25, 0.3) is 5.91 Å². The Morgan fingerprint density at radius 3 is 2.29 bits per heavy atom. The molecule has 4 rings (SSSR count). The number of carbonyl (C=O) groups is 1. The highest BCUT2D eigenvalue weighted by molar-refractivity contribution is 7.92. The summed E-state index contributed by atoms with van der Waals surface area (Å²) >= 11 is 1.51. The van der Waals surface area contributed by atoms with Crippen molar-refractivity contribution in [1.29, 1.82) is 0 Å². The van der Waals surface area contributed by atoms with E-state index in [0.29, 0.717) is 17.7 Å². The maximum absolute atomic E-state index is 12.9. The van der Waals surface area contributed by atoms with Gasteiger partial charge in [0.2, 0.25) is 0 Å². The van der Waals surface area contributed by atoms with Gasteiger partial charge in [0.15, 0.2) is 9.84 Å². The molecule has 2 aromatic rings. The molecule has 0 aliphatic carbocycles. The van der Waals surface area contributed by atoms with Crippen LogP contribution in [0.3, 0.4) is 0 Å². The Hall–Kier alpha value is -1.66. The Morgan fingerprint density at radius 2 is 1.71 bits per heavy atom. The van der Waals surface area contributed by atoms with Crippen molar-refractivity contribution in [2.45, 2.75) is 47.9 Å². The van der Waals surface area contributed by atoms with Crippen LogP contribution in [-0.2, 0) is 9.84 Å². The topological polar surface area (TPSA) is 54.5 Å². The summed E-state index contributed by atoms with van der Waals surface area (Å²) < 4.78 is 25.8. The third kappa shape index (κ3) is 2.58. The number of piperidine rings is 1. The SMILES string of the molecule is O=C(c1ccsc1)N1[C@H]2CC[C@H]1CC(S(=O)(=O)c1ccccc1)C2. The van der Waals surface area contributed by atoms with Crippen LogP contribution in [0.25, 0.3) is 0 Å². The average molecular weight is 361 g/mol. The highest BCUT2D eigenvalue weighted by Gasteiger charge is 2.47. The summed E-state index contributed by atoms with van der Waals surface area (Å²) in [6.07, 6.45) is 2.90. The smallest absolute Gasteiger partial charge is 0.255 e. The van der Waals surface area contributed by atoms with E-state index in [4.69, 9.17) is 0 Å². The van der Waals surface area contributed by atoms with Crippen molar-refractivity contribution in [1.82, 2.24) is 4.90 Å². The van der Waals surface area contributed by atoms with Crippen molar-refractivity contribution in [2.24, 2.45) is 0 Å². The van der Waals surface area contributed by atoms with E-state index >= 15 is 0 Å².